The Kier molecular flexibility index (Phi) is 3.91. The van der Waals surface area contributed by atoms with E-state index in [9.17, 15) is 4.39 Å². The molecule has 0 bridgehead atoms. The highest BCUT2D eigenvalue weighted by atomic mass is 79.9. The molecule has 3 nitrogen and oxygen atoms in total. The van der Waals surface area contributed by atoms with Crippen molar-refractivity contribution in [3.8, 4) is 5.75 Å². The van der Waals surface area contributed by atoms with Gasteiger partial charge in [-0.1, -0.05) is 15.9 Å². The molecule has 76 valence electrons. The van der Waals surface area contributed by atoms with Gasteiger partial charge < -0.3 is 14.8 Å². The number of hydrogen-bond donors (Lipinski definition) is 2. The van der Waals surface area contributed by atoms with E-state index in [-0.39, 0.29) is 17.8 Å². The van der Waals surface area contributed by atoms with Crippen LogP contribution in [0.4, 0.5) is 4.39 Å². The van der Waals surface area contributed by atoms with Crippen molar-refractivity contribution in [3.63, 3.8) is 0 Å². The van der Waals surface area contributed by atoms with Gasteiger partial charge in [-0.25, -0.2) is 4.39 Å². The number of ether oxygens (including phenoxy) is 1. The Labute approximate surface area is 89.8 Å². The minimum atomic E-state index is -1.76. The predicted octanol–water partition coefficient (Wildman–Crippen LogP) is 0.667. The van der Waals surface area contributed by atoms with Crippen LogP contribution in [-0.4, -0.2) is 23.8 Å². The van der Waals surface area contributed by atoms with Gasteiger partial charge in [-0.2, -0.15) is 0 Å². The van der Waals surface area contributed by atoms with Crippen molar-refractivity contribution >= 4 is 28.5 Å². The topological polar surface area (TPSA) is 49.7 Å². The van der Waals surface area contributed by atoms with Crippen molar-refractivity contribution in [3.05, 3.63) is 22.4 Å². The predicted molar refractivity (Wildman–Crippen MR) is 55.1 cm³/mol. The summed E-state index contributed by atoms with van der Waals surface area (Å²) < 4.78 is 18.6. The smallest absolute Gasteiger partial charge is 0.491 e. The van der Waals surface area contributed by atoms with Gasteiger partial charge in [0.15, 0.2) is 11.6 Å². The van der Waals surface area contributed by atoms with Gasteiger partial charge in [0, 0.05) is 9.94 Å². The van der Waals surface area contributed by atoms with E-state index in [4.69, 9.17) is 14.8 Å². The third-order valence-electron chi connectivity index (χ3n) is 1.64. The fraction of sp³-hybridized carbons (Fsp3) is 0.250. The van der Waals surface area contributed by atoms with Gasteiger partial charge in [0.05, 0.1) is 6.61 Å². The van der Waals surface area contributed by atoms with Gasteiger partial charge in [0.2, 0.25) is 0 Å². The molecule has 0 amide bonds. The second-order valence-corrected chi connectivity index (χ2v) is 3.43. The summed E-state index contributed by atoms with van der Waals surface area (Å²) in [5.41, 5.74) is 0.00634. The first kappa shape index (κ1) is 11.5. The molecule has 2 N–H and O–H groups in total. The van der Waals surface area contributed by atoms with E-state index in [0.717, 1.165) is 0 Å². The maximum atomic E-state index is 13.2. The molecule has 6 heteroatoms. The Morgan fingerprint density at radius 2 is 2.14 bits per heavy atom. The zero-order chi connectivity index (χ0) is 10.7. The van der Waals surface area contributed by atoms with Crippen LogP contribution in [0.25, 0.3) is 0 Å². The number of halogens is 2. The van der Waals surface area contributed by atoms with E-state index in [1.54, 1.807) is 6.92 Å². The summed E-state index contributed by atoms with van der Waals surface area (Å²) in [6.07, 6.45) is 0. The van der Waals surface area contributed by atoms with Crippen LogP contribution < -0.4 is 10.2 Å². The first-order valence-corrected chi connectivity index (χ1v) is 4.84. The highest BCUT2D eigenvalue weighted by Crippen LogP contribution is 2.20. The maximum Gasteiger partial charge on any atom is 0.493 e. The lowest BCUT2D eigenvalue weighted by atomic mass is 9.79. The minimum absolute atomic E-state index is 0.00634. The zero-order valence-electron chi connectivity index (χ0n) is 7.50. The van der Waals surface area contributed by atoms with Crippen molar-refractivity contribution in [2.75, 3.05) is 6.61 Å². The van der Waals surface area contributed by atoms with E-state index >= 15 is 0 Å². The largest absolute Gasteiger partial charge is 0.493 e. The lowest BCUT2D eigenvalue weighted by molar-refractivity contribution is 0.321. The molecule has 14 heavy (non-hydrogen) atoms. The summed E-state index contributed by atoms with van der Waals surface area (Å²) in [6, 6.07) is 2.59. The minimum Gasteiger partial charge on any atom is -0.491 e. The Bertz CT molecular complexity index is 333. The molecule has 0 aliphatic rings. The van der Waals surface area contributed by atoms with Crippen molar-refractivity contribution in [1.82, 2.24) is 0 Å². The Balaban J connectivity index is 3.26. The van der Waals surface area contributed by atoms with E-state index in [1.165, 1.54) is 12.1 Å². The molecule has 0 heterocycles. The number of benzene rings is 1. The molecule has 1 rings (SSSR count). The molecular weight excluding hydrogens is 254 g/mol. The monoisotopic (exact) mass is 262 g/mol. The Morgan fingerprint density at radius 3 is 2.64 bits per heavy atom. The molecule has 0 saturated carbocycles. The summed E-state index contributed by atoms with van der Waals surface area (Å²) in [7, 11) is -1.76. The fourth-order valence-electron chi connectivity index (χ4n) is 1.08. The van der Waals surface area contributed by atoms with Crippen LogP contribution in [0.3, 0.4) is 0 Å². The summed E-state index contributed by atoms with van der Waals surface area (Å²) >= 11 is 3.09. The molecule has 0 saturated heterocycles. The van der Waals surface area contributed by atoms with Gasteiger partial charge in [0.25, 0.3) is 0 Å². The molecule has 0 unspecified atom stereocenters. The van der Waals surface area contributed by atoms with Gasteiger partial charge in [0.1, 0.15) is 0 Å². The van der Waals surface area contributed by atoms with Crippen LogP contribution in [-0.2, 0) is 0 Å². The molecule has 0 aliphatic heterocycles. The second-order valence-electron chi connectivity index (χ2n) is 2.58. The van der Waals surface area contributed by atoms with Crippen molar-refractivity contribution in [2.24, 2.45) is 0 Å². The summed E-state index contributed by atoms with van der Waals surface area (Å²) in [5.74, 6) is -0.741. The van der Waals surface area contributed by atoms with Crippen molar-refractivity contribution in [2.45, 2.75) is 6.92 Å². The third kappa shape index (κ3) is 2.26. The van der Waals surface area contributed by atoms with Crippen molar-refractivity contribution in [1.29, 1.82) is 0 Å². The molecule has 0 radical (unpaired) electrons. The van der Waals surface area contributed by atoms with Gasteiger partial charge in [-0.15, -0.1) is 0 Å². The molecular formula is C8H9BBrFO3. The standard InChI is InChI=1S/C8H9BBrFO3/c1-2-14-8-6(11)4-3-5(10)7(8)9(12)13/h3-4,12-13H,2H2,1H3. The highest BCUT2D eigenvalue weighted by Gasteiger charge is 2.23. The van der Waals surface area contributed by atoms with E-state index in [2.05, 4.69) is 15.9 Å². The van der Waals surface area contributed by atoms with Crippen LogP contribution in [0.1, 0.15) is 6.92 Å². The highest BCUT2D eigenvalue weighted by molar-refractivity contribution is 9.10. The summed E-state index contributed by atoms with van der Waals surface area (Å²) in [5, 5.41) is 18.0. The summed E-state index contributed by atoms with van der Waals surface area (Å²) in [4.78, 5) is 0. The second kappa shape index (κ2) is 4.77. The number of hydrogen-bond acceptors (Lipinski definition) is 3. The molecule has 0 aromatic heterocycles. The van der Waals surface area contributed by atoms with Gasteiger partial charge in [-0.3, -0.25) is 0 Å². The van der Waals surface area contributed by atoms with Gasteiger partial charge in [-0.05, 0) is 19.1 Å². The van der Waals surface area contributed by atoms with Crippen LogP contribution in [0, 0.1) is 5.82 Å². The van der Waals surface area contributed by atoms with Crippen LogP contribution in [0.2, 0.25) is 0 Å². The molecule has 0 spiro atoms. The maximum absolute atomic E-state index is 13.2. The first-order chi connectivity index (χ1) is 6.57. The molecule has 0 fully saturated rings. The first-order valence-electron chi connectivity index (χ1n) is 4.04. The zero-order valence-corrected chi connectivity index (χ0v) is 9.08. The summed E-state index contributed by atoms with van der Waals surface area (Å²) in [6.45, 7) is 1.95. The Morgan fingerprint density at radius 1 is 1.50 bits per heavy atom. The van der Waals surface area contributed by atoms with Crippen molar-refractivity contribution < 1.29 is 19.2 Å². The average Bonchev–Trinajstić information content (AvgIpc) is 2.11. The third-order valence-corrected chi connectivity index (χ3v) is 2.33. The lowest BCUT2D eigenvalue weighted by Gasteiger charge is -2.11. The average molecular weight is 263 g/mol. The van der Waals surface area contributed by atoms with E-state index < -0.39 is 12.9 Å². The van der Waals surface area contributed by atoms with Gasteiger partial charge >= 0.3 is 7.12 Å². The fourth-order valence-corrected chi connectivity index (χ4v) is 1.60. The molecule has 0 atom stereocenters. The SMILES string of the molecule is CCOc1c(F)ccc(Br)c1B(O)O. The molecule has 0 aliphatic carbocycles. The lowest BCUT2D eigenvalue weighted by Crippen LogP contribution is -2.33. The number of rotatable bonds is 3. The van der Waals surface area contributed by atoms with E-state index in [1.807, 2.05) is 0 Å². The van der Waals surface area contributed by atoms with Crippen LogP contribution >= 0.6 is 15.9 Å². The van der Waals surface area contributed by atoms with Crippen LogP contribution in [0.5, 0.6) is 5.75 Å². The quantitative estimate of drug-likeness (QED) is 0.788. The Hall–Kier alpha value is -0.585. The normalized spacial score (nSPS) is 10.1. The van der Waals surface area contributed by atoms with E-state index in [0.29, 0.717) is 4.47 Å². The van der Waals surface area contributed by atoms with Crippen LogP contribution in [0.15, 0.2) is 16.6 Å². The molecule has 1 aromatic rings. The molecule has 1 aromatic carbocycles.